The molecule has 1 unspecified atom stereocenters. The van der Waals surface area contributed by atoms with Crippen molar-refractivity contribution in [1.82, 2.24) is 5.16 Å². The molecule has 1 atom stereocenters. The smallest absolute Gasteiger partial charge is 0.335 e. The van der Waals surface area contributed by atoms with Crippen LogP contribution >= 0.6 is 0 Å². The first-order valence-electron chi connectivity index (χ1n) is 6.51. The molecule has 0 radical (unpaired) electrons. The van der Waals surface area contributed by atoms with Gasteiger partial charge in [0.2, 0.25) is 0 Å². The van der Waals surface area contributed by atoms with Crippen molar-refractivity contribution in [2.75, 3.05) is 0 Å². The minimum atomic E-state index is -0.957. The summed E-state index contributed by atoms with van der Waals surface area (Å²) in [7, 11) is 0. The van der Waals surface area contributed by atoms with Crippen molar-refractivity contribution in [1.29, 1.82) is 0 Å². The van der Waals surface area contributed by atoms with Gasteiger partial charge in [0.15, 0.2) is 0 Å². The number of nitrogens with zero attached hydrogens (tertiary/aromatic N) is 1. The summed E-state index contributed by atoms with van der Waals surface area (Å²) in [6, 6.07) is 8.31. The maximum Gasteiger partial charge on any atom is 0.335 e. The zero-order chi connectivity index (χ0) is 14.8. The Labute approximate surface area is 120 Å². The van der Waals surface area contributed by atoms with Crippen LogP contribution < -0.4 is 0 Å². The molecule has 1 aromatic heterocycles. The standard InChI is InChI=1S/C16H13NO4/c18-13-7-5-11(6-8-13)15-9-14(17-21-15)10-1-3-12(4-2-10)16(19)20/h1-5,7-9,11,18H,6H2,(H,19,20). The molecule has 0 saturated heterocycles. The average Bonchev–Trinajstić information content (AvgIpc) is 2.98. The van der Waals surface area contributed by atoms with Crippen molar-refractivity contribution in [3.05, 3.63) is 65.6 Å². The number of carbonyl (C=O) groups is 1. The quantitative estimate of drug-likeness (QED) is 0.900. The maximum absolute atomic E-state index is 10.8. The molecule has 0 saturated carbocycles. The second-order valence-corrected chi connectivity index (χ2v) is 4.83. The molecule has 0 fully saturated rings. The second kappa shape index (κ2) is 5.28. The first-order valence-corrected chi connectivity index (χ1v) is 6.51. The van der Waals surface area contributed by atoms with Gasteiger partial charge in [0.05, 0.1) is 5.56 Å². The summed E-state index contributed by atoms with van der Waals surface area (Å²) in [5.74, 6) is 0.0735. The lowest BCUT2D eigenvalue weighted by atomic mass is 9.97. The van der Waals surface area contributed by atoms with Crippen molar-refractivity contribution in [2.45, 2.75) is 12.3 Å². The third-order valence-corrected chi connectivity index (χ3v) is 3.40. The normalized spacial score (nSPS) is 17.5. The van der Waals surface area contributed by atoms with Crippen LogP contribution in [0.25, 0.3) is 11.3 Å². The number of allylic oxidation sites excluding steroid dienone is 3. The van der Waals surface area contributed by atoms with Gasteiger partial charge in [-0.2, -0.15) is 0 Å². The molecular formula is C16H13NO4. The Morgan fingerprint density at radius 3 is 2.67 bits per heavy atom. The minimum absolute atomic E-state index is 0.0560. The van der Waals surface area contributed by atoms with Crippen LogP contribution in [0.1, 0.15) is 28.5 Å². The average molecular weight is 283 g/mol. The van der Waals surface area contributed by atoms with Crippen molar-refractivity contribution in [2.24, 2.45) is 0 Å². The van der Waals surface area contributed by atoms with E-state index in [0.29, 0.717) is 17.9 Å². The highest BCUT2D eigenvalue weighted by molar-refractivity contribution is 5.88. The summed E-state index contributed by atoms with van der Waals surface area (Å²) in [5.41, 5.74) is 1.69. The third-order valence-electron chi connectivity index (χ3n) is 3.40. The van der Waals surface area contributed by atoms with Crippen LogP contribution in [0.15, 0.2) is 58.8 Å². The zero-order valence-corrected chi connectivity index (χ0v) is 11.1. The highest BCUT2D eigenvalue weighted by atomic mass is 16.5. The number of rotatable bonds is 3. The fourth-order valence-electron chi connectivity index (χ4n) is 2.20. The van der Waals surface area contributed by atoms with E-state index in [0.717, 1.165) is 5.56 Å². The molecule has 3 rings (SSSR count). The van der Waals surface area contributed by atoms with Gasteiger partial charge in [-0.3, -0.25) is 0 Å². The number of aliphatic hydroxyl groups is 1. The van der Waals surface area contributed by atoms with Gasteiger partial charge in [-0.05, 0) is 30.7 Å². The van der Waals surface area contributed by atoms with Crippen LogP contribution in [0, 0.1) is 0 Å². The van der Waals surface area contributed by atoms with E-state index in [4.69, 9.17) is 9.63 Å². The number of aromatic carboxylic acids is 1. The molecule has 1 aliphatic rings. The Morgan fingerprint density at radius 2 is 2.05 bits per heavy atom. The lowest BCUT2D eigenvalue weighted by molar-refractivity contribution is 0.0697. The summed E-state index contributed by atoms with van der Waals surface area (Å²) in [5, 5.41) is 22.2. The molecule has 2 aromatic rings. The van der Waals surface area contributed by atoms with Crippen LogP contribution in [0.3, 0.4) is 0 Å². The molecule has 0 bridgehead atoms. The van der Waals surface area contributed by atoms with Gasteiger partial charge in [0, 0.05) is 17.5 Å². The topological polar surface area (TPSA) is 83.6 Å². The SMILES string of the molecule is O=C(O)c1ccc(-c2cc(C3C=CC(O)=CC3)on2)cc1. The summed E-state index contributed by atoms with van der Waals surface area (Å²) >= 11 is 0. The molecule has 5 nitrogen and oxygen atoms in total. The highest BCUT2D eigenvalue weighted by Gasteiger charge is 2.17. The van der Waals surface area contributed by atoms with Crippen molar-refractivity contribution >= 4 is 5.97 Å². The fourth-order valence-corrected chi connectivity index (χ4v) is 2.20. The van der Waals surface area contributed by atoms with Crippen LogP contribution in [-0.4, -0.2) is 21.3 Å². The van der Waals surface area contributed by atoms with E-state index in [1.165, 1.54) is 12.1 Å². The van der Waals surface area contributed by atoms with Crippen molar-refractivity contribution in [3.8, 4) is 11.3 Å². The summed E-state index contributed by atoms with van der Waals surface area (Å²) in [4.78, 5) is 10.8. The first kappa shape index (κ1) is 13.2. The van der Waals surface area contributed by atoms with Crippen molar-refractivity contribution in [3.63, 3.8) is 0 Å². The third kappa shape index (κ3) is 2.72. The van der Waals surface area contributed by atoms with E-state index in [1.807, 2.05) is 12.1 Å². The maximum atomic E-state index is 10.8. The molecule has 0 spiro atoms. The molecule has 0 aliphatic heterocycles. The van der Waals surface area contributed by atoms with Crippen LogP contribution in [0.5, 0.6) is 0 Å². The van der Waals surface area contributed by atoms with E-state index in [9.17, 15) is 9.90 Å². The van der Waals surface area contributed by atoms with Gasteiger partial charge in [0.25, 0.3) is 0 Å². The molecule has 1 heterocycles. The van der Waals surface area contributed by atoms with E-state index >= 15 is 0 Å². The van der Waals surface area contributed by atoms with Crippen LogP contribution in [-0.2, 0) is 0 Å². The van der Waals surface area contributed by atoms with Crippen LogP contribution in [0.2, 0.25) is 0 Å². The number of hydrogen-bond donors (Lipinski definition) is 2. The van der Waals surface area contributed by atoms with Gasteiger partial charge < -0.3 is 14.7 Å². The molecule has 5 heteroatoms. The summed E-state index contributed by atoms with van der Waals surface area (Å²) in [6.45, 7) is 0. The number of hydrogen-bond acceptors (Lipinski definition) is 4. The Hall–Kier alpha value is -2.82. The summed E-state index contributed by atoms with van der Waals surface area (Å²) < 4.78 is 5.34. The monoisotopic (exact) mass is 283 g/mol. The minimum Gasteiger partial charge on any atom is -0.508 e. The van der Waals surface area contributed by atoms with Crippen LogP contribution in [0.4, 0.5) is 0 Å². The molecule has 0 amide bonds. The Kier molecular flexibility index (Phi) is 3.31. The number of carboxylic acid groups (broad SMARTS) is 1. The predicted molar refractivity (Wildman–Crippen MR) is 76.1 cm³/mol. The molecule has 106 valence electrons. The first-order chi connectivity index (χ1) is 10.1. The van der Waals surface area contributed by atoms with Gasteiger partial charge in [-0.1, -0.05) is 23.4 Å². The lowest BCUT2D eigenvalue weighted by Gasteiger charge is -2.09. The molecule has 1 aromatic carbocycles. The lowest BCUT2D eigenvalue weighted by Crippen LogP contribution is -1.96. The van der Waals surface area contributed by atoms with Crippen molar-refractivity contribution < 1.29 is 19.5 Å². The van der Waals surface area contributed by atoms with Gasteiger partial charge in [0.1, 0.15) is 17.2 Å². The Bertz CT molecular complexity index is 725. The van der Waals surface area contributed by atoms with E-state index in [2.05, 4.69) is 5.16 Å². The predicted octanol–water partition coefficient (Wildman–Crippen LogP) is 3.53. The van der Waals surface area contributed by atoms with E-state index < -0.39 is 5.97 Å². The molecular weight excluding hydrogens is 270 g/mol. The largest absolute Gasteiger partial charge is 0.508 e. The van der Waals surface area contributed by atoms with Gasteiger partial charge >= 0.3 is 5.97 Å². The molecule has 21 heavy (non-hydrogen) atoms. The molecule has 1 aliphatic carbocycles. The highest BCUT2D eigenvalue weighted by Crippen LogP contribution is 2.29. The second-order valence-electron chi connectivity index (χ2n) is 4.83. The van der Waals surface area contributed by atoms with E-state index in [1.54, 1.807) is 24.3 Å². The Balaban J connectivity index is 1.82. The molecule has 2 N–H and O–H groups in total. The summed E-state index contributed by atoms with van der Waals surface area (Å²) in [6.07, 6.45) is 5.90. The number of aliphatic hydroxyl groups excluding tert-OH is 1. The number of carboxylic acids is 1. The van der Waals surface area contributed by atoms with Gasteiger partial charge in [-0.15, -0.1) is 0 Å². The Morgan fingerprint density at radius 1 is 1.29 bits per heavy atom. The number of aromatic nitrogens is 1. The number of benzene rings is 1. The van der Waals surface area contributed by atoms with Gasteiger partial charge in [-0.25, -0.2) is 4.79 Å². The van der Waals surface area contributed by atoms with E-state index in [-0.39, 0.29) is 17.2 Å². The fraction of sp³-hybridized carbons (Fsp3) is 0.125. The zero-order valence-electron chi connectivity index (χ0n) is 11.1.